The Morgan fingerprint density at radius 2 is 1.73 bits per heavy atom. The van der Waals surface area contributed by atoms with Gasteiger partial charge in [-0.3, -0.25) is 10.0 Å². The molecule has 3 nitrogen and oxygen atoms in total. The van der Waals surface area contributed by atoms with E-state index in [9.17, 15) is 10.0 Å². The number of hydrogen-bond donors (Lipinski definition) is 1. The molecular formula is C8H17NO2. The number of hydroxylamine groups is 2. The van der Waals surface area contributed by atoms with Crippen LogP contribution in [0.2, 0.25) is 0 Å². The lowest BCUT2D eigenvalue weighted by atomic mass is 9.95. The van der Waals surface area contributed by atoms with Crippen LogP contribution in [0.15, 0.2) is 0 Å². The Morgan fingerprint density at radius 1 is 1.36 bits per heavy atom. The molecule has 0 saturated heterocycles. The van der Waals surface area contributed by atoms with Crippen molar-refractivity contribution in [3.05, 3.63) is 0 Å². The molecule has 0 bridgehead atoms. The summed E-state index contributed by atoms with van der Waals surface area (Å²) in [5.74, 6) is -0.243. The van der Waals surface area contributed by atoms with E-state index in [4.69, 9.17) is 0 Å². The van der Waals surface area contributed by atoms with Gasteiger partial charge in [-0.25, -0.2) is 5.06 Å². The molecule has 1 amide bonds. The van der Waals surface area contributed by atoms with Crippen LogP contribution in [-0.4, -0.2) is 22.2 Å². The first-order chi connectivity index (χ1) is 4.76. The molecule has 0 radical (unpaired) electrons. The number of rotatable bonds is 1. The Labute approximate surface area is 68.0 Å². The van der Waals surface area contributed by atoms with Gasteiger partial charge in [0, 0.05) is 5.41 Å². The lowest BCUT2D eigenvalue weighted by Gasteiger charge is -2.26. The third-order valence-electron chi connectivity index (χ3n) is 1.34. The van der Waals surface area contributed by atoms with Gasteiger partial charge >= 0.3 is 0 Å². The van der Waals surface area contributed by atoms with Crippen molar-refractivity contribution in [1.29, 1.82) is 0 Å². The Hall–Kier alpha value is -0.570. The monoisotopic (exact) mass is 159 g/mol. The fraction of sp³-hybridized carbons (Fsp3) is 0.875. The van der Waals surface area contributed by atoms with Gasteiger partial charge in [0.15, 0.2) is 0 Å². The zero-order chi connectivity index (χ0) is 9.23. The molecule has 0 aliphatic carbocycles. The molecule has 0 unspecified atom stereocenters. The average Bonchev–Trinajstić information content (AvgIpc) is 1.82. The van der Waals surface area contributed by atoms with Crippen molar-refractivity contribution < 1.29 is 10.0 Å². The van der Waals surface area contributed by atoms with Crippen LogP contribution in [0.3, 0.4) is 0 Å². The molecular weight excluding hydrogens is 142 g/mol. The van der Waals surface area contributed by atoms with E-state index in [1.807, 2.05) is 0 Å². The molecule has 0 saturated carbocycles. The van der Waals surface area contributed by atoms with E-state index in [-0.39, 0.29) is 11.9 Å². The van der Waals surface area contributed by atoms with E-state index in [0.717, 1.165) is 5.06 Å². The molecule has 1 N–H and O–H groups in total. The number of hydrogen-bond acceptors (Lipinski definition) is 2. The van der Waals surface area contributed by atoms with Gasteiger partial charge in [-0.2, -0.15) is 0 Å². The van der Waals surface area contributed by atoms with Crippen LogP contribution in [0.4, 0.5) is 0 Å². The van der Waals surface area contributed by atoms with E-state index in [0.29, 0.717) is 0 Å². The summed E-state index contributed by atoms with van der Waals surface area (Å²) in [6.45, 7) is 8.87. The summed E-state index contributed by atoms with van der Waals surface area (Å²) in [6.07, 6.45) is 0. The quantitative estimate of drug-likeness (QED) is 0.467. The minimum Gasteiger partial charge on any atom is -0.286 e. The molecule has 0 aromatic rings. The Morgan fingerprint density at radius 3 is 1.82 bits per heavy atom. The van der Waals surface area contributed by atoms with Gasteiger partial charge in [-0.1, -0.05) is 20.8 Å². The molecule has 3 heteroatoms. The number of carbonyl (C=O) groups is 1. The van der Waals surface area contributed by atoms with E-state index in [1.54, 1.807) is 34.6 Å². The summed E-state index contributed by atoms with van der Waals surface area (Å²) >= 11 is 0. The fourth-order valence-corrected chi connectivity index (χ4v) is 0.578. The van der Waals surface area contributed by atoms with Crippen LogP contribution in [-0.2, 0) is 4.79 Å². The lowest BCUT2D eigenvalue weighted by Crippen LogP contribution is -2.41. The predicted molar refractivity (Wildman–Crippen MR) is 43.2 cm³/mol. The summed E-state index contributed by atoms with van der Waals surface area (Å²) in [5, 5.41) is 9.99. The Balaban J connectivity index is 4.26. The third kappa shape index (κ3) is 2.89. The van der Waals surface area contributed by atoms with Crippen molar-refractivity contribution in [1.82, 2.24) is 5.06 Å². The standard InChI is InChI=1S/C8H17NO2/c1-6(2)9(11)7(10)8(3,4)5/h6,11H,1-5H3. The third-order valence-corrected chi connectivity index (χ3v) is 1.34. The second kappa shape index (κ2) is 3.22. The molecule has 11 heavy (non-hydrogen) atoms. The topological polar surface area (TPSA) is 40.5 Å². The normalized spacial score (nSPS) is 11.9. The minimum absolute atomic E-state index is 0.151. The van der Waals surface area contributed by atoms with Crippen LogP contribution >= 0.6 is 0 Å². The zero-order valence-electron chi connectivity index (χ0n) is 7.88. The highest BCUT2D eigenvalue weighted by Crippen LogP contribution is 2.17. The summed E-state index contributed by atoms with van der Waals surface area (Å²) in [7, 11) is 0. The maximum atomic E-state index is 11.3. The van der Waals surface area contributed by atoms with Crippen LogP contribution in [0.25, 0.3) is 0 Å². The van der Waals surface area contributed by atoms with Gasteiger partial charge in [0.25, 0.3) is 5.91 Å². The summed E-state index contributed by atoms with van der Waals surface area (Å²) in [6, 6.07) is -0.151. The van der Waals surface area contributed by atoms with Crippen molar-refractivity contribution in [3.8, 4) is 0 Å². The number of nitrogens with zero attached hydrogens (tertiary/aromatic N) is 1. The second-order valence-corrected chi connectivity index (χ2v) is 3.99. The van der Waals surface area contributed by atoms with E-state index < -0.39 is 5.41 Å². The second-order valence-electron chi connectivity index (χ2n) is 3.99. The van der Waals surface area contributed by atoms with Crippen molar-refractivity contribution >= 4 is 5.91 Å². The van der Waals surface area contributed by atoms with Crippen molar-refractivity contribution in [2.75, 3.05) is 0 Å². The SMILES string of the molecule is CC(C)N(O)C(=O)C(C)(C)C. The Bertz CT molecular complexity index is 147. The van der Waals surface area contributed by atoms with Crippen molar-refractivity contribution in [3.63, 3.8) is 0 Å². The van der Waals surface area contributed by atoms with Gasteiger partial charge in [0.05, 0.1) is 6.04 Å². The van der Waals surface area contributed by atoms with Crippen LogP contribution in [0.5, 0.6) is 0 Å². The van der Waals surface area contributed by atoms with E-state index >= 15 is 0 Å². The van der Waals surface area contributed by atoms with Crippen LogP contribution in [0, 0.1) is 5.41 Å². The molecule has 0 rings (SSSR count). The maximum absolute atomic E-state index is 11.3. The highest BCUT2D eigenvalue weighted by Gasteiger charge is 2.27. The zero-order valence-corrected chi connectivity index (χ0v) is 7.88. The molecule has 0 aromatic carbocycles. The number of amides is 1. The molecule has 0 heterocycles. The van der Waals surface area contributed by atoms with Gasteiger partial charge in [0.2, 0.25) is 0 Å². The van der Waals surface area contributed by atoms with Crippen LogP contribution in [0.1, 0.15) is 34.6 Å². The minimum atomic E-state index is -0.501. The molecule has 0 spiro atoms. The van der Waals surface area contributed by atoms with Crippen molar-refractivity contribution in [2.24, 2.45) is 5.41 Å². The van der Waals surface area contributed by atoms with Gasteiger partial charge in [0.1, 0.15) is 0 Å². The predicted octanol–water partition coefficient (Wildman–Crippen LogP) is 1.66. The molecule has 66 valence electrons. The molecule has 0 aliphatic rings. The first-order valence-corrected chi connectivity index (χ1v) is 3.79. The smallest absolute Gasteiger partial charge is 0.251 e. The number of carbonyl (C=O) groups excluding carboxylic acids is 1. The summed E-state index contributed by atoms with van der Waals surface area (Å²) in [5.41, 5.74) is -0.501. The van der Waals surface area contributed by atoms with Gasteiger partial charge in [-0.15, -0.1) is 0 Å². The Kier molecular flexibility index (Phi) is 3.05. The highest BCUT2D eigenvalue weighted by molar-refractivity contribution is 5.80. The maximum Gasteiger partial charge on any atom is 0.251 e. The van der Waals surface area contributed by atoms with E-state index in [2.05, 4.69) is 0 Å². The molecule has 0 aromatic heterocycles. The van der Waals surface area contributed by atoms with Gasteiger partial charge < -0.3 is 0 Å². The lowest BCUT2D eigenvalue weighted by molar-refractivity contribution is -0.181. The van der Waals surface area contributed by atoms with Crippen LogP contribution < -0.4 is 0 Å². The van der Waals surface area contributed by atoms with Crippen molar-refractivity contribution in [2.45, 2.75) is 40.7 Å². The average molecular weight is 159 g/mol. The van der Waals surface area contributed by atoms with E-state index in [1.165, 1.54) is 0 Å². The molecule has 0 aliphatic heterocycles. The van der Waals surface area contributed by atoms with Gasteiger partial charge in [-0.05, 0) is 13.8 Å². The fourth-order valence-electron chi connectivity index (χ4n) is 0.578. The highest BCUT2D eigenvalue weighted by atomic mass is 16.5. The first kappa shape index (κ1) is 10.4. The first-order valence-electron chi connectivity index (χ1n) is 3.79. The molecule has 0 fully saturated rings. The largest absolute Gasteiger partial charge is 0.286 e. The molecule has 0 atom stereocenters. The summed E-state index contributed by atoms with van der Waals surface area (Å²) in [4.78, 5) is 11.3. The summed E-state index contributed by atoms with van der Waals surface area (Å²) < 4.78 is 0.